The molecule has 28 heavy (non-hydrogen) atoms. The van der Waals surface area contributed by atoms with Crippen molar-refractivity contribution in [2.45, 2.75) is 25.7 Å². The van der Waals surface area contributed by atoms with E-state index in [0.717, 1.165) is 24.0 Å². The van der Waals surface area contributed by atoms with E-state index in [4.69, 9.17) is 4.74 Å². The Hall–Kier alpha value is -2.88. The summed E-state index contributed by atoms with van der Waals surface area (Å²) in [5.74, 6) is 0.0559. The number of cyclic esters (lactones) is 1. The minimum absolute atomic E-state index is 0.0759. The molecule has 4 heteroatoms. The van der Waals surface area contributed by atoms with Gasteiger partial charge in [0.05, 0.1) is 12.0 Å². The van der Waals surface area contributed by atoms with Crippen molar-refractivity contribution in [3.05, 3.63) is 83.4 Å². The molecule has 1 aliphatic carbocycles. The van der Waals surface area contributed by atoms with Crippen LogP contribution in [0.2, 0.25) is 0 Å². The lowest BCUT2D eigenvalue weighted by atomic mass is 9.75. The monoisotopic (exact) mass is 375 g/mol. The highest BCUT2D eigenvalue weighted by atomic mass is 16.5. The minimum Gasteiger partial charge on any atom is -0.465 e. The number of benzene rings is 2. The van der Waals surface area contributed by atoms with E-state index in [1.165, 1.54) is 5.56 Å². The summed E-state index contributed by atoms with van der Waals surface area (Å²) in [4.78, 5) is 24.8. The molecule has 2 atom stereocenters. The molecule has 1 N–H and O–H groups in total. The molecule has 1 heterocycles. The van der Waals surface area contributed by atoms with Crippen molar-refractivity contribution in [3.8, 4) is 0 Å². The van der Waals surface area contributed by atoms with Crippen LogP contribution in [0.25, 0.3) is 0 Å². The highest BCUT2D eigenvalue weighted by molar-refractivity contribution is 5.94. The Morgan fingerprint density at radius 1 is 1.11 bits per heavy atom. The SMILES string of the molecule is C=C1CC2COC(=O)C2(Cc2ccc(C(=O)NCCc3ccccc3)cc2)C1. The maximum atomic E-state index is 12.4. The molecule has 0 radical (unpaired) electrons. The second kappa shape index (κ2) is 7.63. The molecule has 0 aromatic heterocycles. The molecule has 1 amide bonds. The number of ether oxygens (including phenoxy) is 1. The zero-order chi connectivity index (χ0) is 19.6. The van der Waals surface area contributed by atoms with E-state index in [2.05, 4.69) is 24.0 Å². The summed E-state index contributed by atoms with van der Waals surface area (Å²) >= 11 is 0. The van der Waals surface area contributed by atoms with Crippen LogP contribution in [0.5, 0.6) is 0 Å². The molecule has 2 aromatic carbocycles. The molecule has 2 unspecified atom stereocenters. The van der Waals surface area contributed by atoms with Gasteiger partial charge in [-0.05, 0) is 48.9 Å². The van der Waals surface area contributed by atoms with E-state index >= 15 is 0 Å². The Morgan fingerprint density at radius 2 is 1.86 bits per heavy atom. The molecule has 1 saturated carbocycles. The van der Waals surface area contributed by atoms with Gasteiger partial charge < -0.3 is 10.1 Å². The van der Waals surface area contributed by atoms with Gasteiger partial charge in [-0.3, -0.25) is 9.59 Å². The first-order valence-electron chi connectivity index (χ1n) is 9.82. The third kappa shape index (κ3) is 3.59. The average Bonchev–Trinajstić information content (AvgIpc) is 3.17. The molecule has 2 fully saturated rings. The number of rotatable bonds is 6. The Kier molecular flexibility index (Phi) is 5.03. The topological polar surface area (TPSA) is 55.4 Å². The maximum Gasteiger partial charge on any atom is 0.313 e. The fourth-order valence-corrected chi connectivity index (χ4v) is 4.47. The van der Waals surface area contributed by atoms with Gasteiger partial charge in [-0.1, -0.05) is 54.6 Å². The summed E-state index contributed by atoms with van der Waals surface area (Å²) in [5.41, 5.74) is 3.57. The predicted molar refractivity (Wildman–Crippen MR) is 108 cm³/mol. The fourth-order valence-electron chi connectivity index (χ4n) is 4.47. The van der Waals surface area contributed by atoms with Gasteiger partial charge in [-0.25, -0.2) is 0 Å². The first-order chi connectivity index (χ1) is 13.6. The molecule has 4 nitrogen and oxygen atoms in total. The zero-order valence-corrected chi connectivity index (χ0v) is 15.9. The standard InChI is InChI=1S/C24H25NO3/c1-17-13-21-16-28-23(27)24(21,14-17)15-19-7-9-20(10-8-19)22(26)25-12-11-18-5-3-2-4-6-18/h2-10,21H,1,11-16H2,(H,25,26). The van der Waals surface area contributed by atoms with Crippen LogP contribution in [0.15, 0.2) is 66.7 Å². The number of esters is 1. The van der Waals surface area contributed by atoms with Crippen molar-refractivity contribution in [3.63, 3.8) is 0 Å². The van der Waals surface area contributed by atoms with Gasteiger partial charge in [0, 0.05) is 18.0 Å². The van der Waals surface area contributed by atoms with E-state index in [9.17, 15) is 9.59 Å². The quantitative estimate of drug-likeness (QED) is 0.619. The van der Waals surface area contributed by atoms with Crippen LogP contribution in [0.4, 0.5) is 0 Å². The van der Waals surface area contributed by atoms with Crippen molar-refractivity contribution >= 4 is 11.9 Å². The minimum atomic E-state index is -0.462. The lowest BCUT2D eigenvalue weighted by Gasteiger charge is -2.24. The van der Waals surface area contributed by atoms with Gasteiger partial charge in [-0.15, -0.1) is 0 Å². The molecule has 0 bridgehead atoms. The van der Waals surface area contributed by atoms with Gasteiger partial charge in [-0.2, -0.15) is 0 Å². The lowest BCUT2D eigenvalue weighted by molar-refractivity contribution is -0.146. The van der Waals surface area contributed by atoms with Gasteiger partial charge >= 0.3 is 5.97 Å². The highest BCUT2D eigenvalue weighted by Crippen LogP contribution is 2.52. The van der Waals surface area contributed by atoms with Crippen LogP contribution in [0.3, 0.4) is 0 Å². The van der Waals surface area contributed by atoms with Crippen molar-refractivity contribution in [1.29, 1.82) is 0 Å². The number of nitrogens with one attached hydrogen (secondary N) is 1. The fraction of sp³-hybridized carbons (Fsp3) is 0.333. The van der Waals surface area contributed by atoms with Crippen molar-refractivity contribution in [2.24, 2.45) is 11.3 Å². The third-order valence-corrected chi connectivity index (χ3v) is 5.98. The van der Waals surface area contributed by atoms with Crippen LogP contribution < -0.4 is 5.32 Å². The summed E-state index contributed by atoms with van der Waals surface area (Å²) < 4.78 is 5.34. The average molecular weight is 375 g/mol. The van der Waals surface area contributed by atoms with Crippen LogP contribution in [-0.2, 0) is 22.4 Å². The number of carbonyl (C=O) groups is 2. The number of fused-ring (bicyclic) bond motifs is 1. The molecule has 1 saturated heterocycles. The highest BCUT2D eigenvalue weighted by Gasteiger charge is 2.55. The van der Waals surface area contributed by atoms with Crippen LogP contribution >= 0.6 is 0 Å². The van der Waals surface area contributed by atoms with Crippen LogP contribution in [0, 0.1) is 11.3 Å². The lowest BCUT2D eigenvalue weighted by Crippen LogP contribution is -2.31. The first kappa shape index (κ1) is 18.5. The molecule has 1 aliphatic heterocycles. The molecule has 2 aliphatic rings. The summed E-state index contributed by atoms with van der Waals surface area (Å²) in [5, 5.41) is 2.96. The zero-order valence-electron chi connectivity index (χ0n) is 15.9. The van der Waals surface area contributed by atoms with Crippen molar-refractivity contribution in [1.82, 2.24) is 5.32 Å². The van der Waals surface area contributed by atoms with Gasteiger partial charge in [0.2, 0.25) is 0 Å². The summed E-state index contributed by atoms with van der Waals surface area (Å²) in [6, 6.07) is 17.7. The van der Waals surface area contributed by atoms with Gasteiger partial charge in [0.15, 0.2) is 0 Å². The molecule has 4 rings (SSSR count). The molecular weight excluding hydrogens is 350 g/mol. The number of allylic oxidation sites excluding steroid dienone is 1. The Labute approximate surface area is 165 Å². The smallest absolute Gasteiger partial charge is 0.313 e. The second-order valence-corrected chi connectivity index (χ2v) is 7.95. The number of amides is 1. The Bertz CT molecular complexity index is 888. The van der Waals surface area contributed by atoms with E-state index in [1.54, 1.807) is 0 Å². The summed E-state index contributed by atoms with van der Waals surface area (Å²) in [6.07, 6.45) is 3.03. The molecule has 2 aromatic rings. The summed E-state index contributed by atoms with van der Waals surface area (Å²) in [6.45, 7) is 5.19. The normalized spacial score (nSPS) is 23.4. The largest absolute Gasteiger partial charge is 0.465 e. The van der Waals surface area contributed by atoms with Gasteiger partial charge in [0.1, 0.15) is 0 Å². The molecule has 0 spiro atoms. The number of hydrogen-bond donors (Lipinski definition) is 1. The molecule has 144 valence electrons. The van der Waals surface area contributed by atoms with Crippen LogP contribution in [-0.4, -0.2) is 25.0 Å². The summed E-state index contributed by atoms with van der Waals surface area (Å²) in [7, 11) is 0. The van der Waals surface area contributed by atoms with Crippen molar-refractivity contribution in [2.75, 3.05) is 13.2 Å². The molecular formula is C24H25NO3. The third-order valence-electron chi connectivity index (χ3n) is 5.98. The van der Waals surface area contributed by atoms with Crippen LogP contribution in [0.1, 0.15) is 34.3 Å². The maximum absolute atomic E-state index is 12.4. The Balaban J connectivity index is 1.36. The second-order valence-electron chi connectivity index (χ2n) is 7.95. The number of carbonyl (C=O) groups excluding carboxylic acids is 2. The van der Waals surface area contributed by atoms with E-state index < -0.39 is 5.41 Å². The number of hydrogen-bond acceptors (Lipinski definition) is 3. The van der Waals surface area contributed by atoms with E-state index in [0.29, 0.717) is 31.6 Å². The van der Waals surface area contributed by atoms with E-state index in [1.807, 2.05) is 42.5 Å². The van der Waals surface area contributed by atoms with Gasteiger partial charge in [0.25, 0.3) is 5.91 Å². The van der Waals surface area contributed by atoms with Crippen molar-refractivity contribution < 1.29 is 14.3 Å². The Morgan fingerprint density at radius 3 is 2.61 bits per heavy atom. The first-order valence-corrected chi connectivity index (χ1v) is 9.82. The predicted octanol–water partition coefficient (Wildman–Crippen LogP) is 3.71. The van der Waals surface area contributed by atoms with E-state index in [-0.39, 0.29) is 17.8 Å².